The molecular weight excluding hydrogens is 221 g/mol. The number of carboxylic acid groups (broad SMARTS) is 1. The van der Waals surface area contributed by atoms with E-state index in [2.05, 4.69) is 16.0 Å². The number of carboxylic acids is 1. The zero-order valence-electron chi connectivity index (χ0n) is 7.16. The first-order valence-corrected chi connectivity index (χ1v) is 5.44. The molecule has 0 saturated heterocycles. The van der Waals surface area contributed by atoms with E-state index in [4.69, 9.17) is 10.8 Å². The van der Waals surface area contributed by atoms with Gasteiger partial charge in [-0.15, -0.1) is 0 Å². The molecule has 12 heavy (non-hydrogen) atoms. The molecule has 0 spiro atoms. The Balaban J connectivity index is 3.38. The minimum atomic E-state index is -0.693. The van der Waals surface area contributed by atoms with E-state index in [0.29, 0.717) is 11.9 Å². The fourth-order valence-corrected chi connectivity index (χ4v) is 1.64. The molecule has 1 radical (unpaired) electrons. The first kappa shape index (κ1) is 11.9. The molecule has 3 N–H and O–H groups in total. The van der Waals surface area contributed by atoms with Gasteiger partial charge >= 0.3 is 81.1 Å². The Hall–Kier alpha value is -0.0505. The molecule has 0 aromatic heterocycles. The number of aliphatic carboxylic acids is 1. The van der Waals surface area contributed by atoms with Crippen LogP contribution in [-0.4, -0.2) is 33.6 Å². The van der Waals surface area contributed by atoms with Crippen molar-refractivity contribution in [2.24, 2.45) is 11.7 Å². The molecule has 71 valence electrons. The average molecular weight is 237 g/mol. The third kappa shape index (κ3) is 5.58. The number of hydrogen-bond acceptors (Lipinski definition) is 2. The topological polar surface area (TPSA) is 63.3 Å². The van der Waals surface area contributed by atoms with Crippen LogP contribution < -0.4 is 5.73 Å². The first-order valence-electron chi connectivity index (χ1n) is 4.23. The van der Waals surface area contributed by atoms with Crippen molar-refractivity contribution in [1.82, 2.24) is 0 Å². The van der Waals surface area contributed by atoms with Crippen LogP contribution in [0.4, 0.5) is 0 Å². The third-order valence-electron chi connectivity index (χ3n) is 1.81. The molecule has 0 amide bonds. The molecular formula is C8H16NO2Se. The molecule has 0 aliphatic carbocycles. The summed E-state index contributed by atoms with van der Waals surface area (Å²) < 4.78 is 0. The SMILES string of the molecule is NCCCCC[C@@H](C[Se])C(=O)O. The summed E-state index contributed by atoms with van der Waals surface area (Å²) >= 11 is 2.76. The molecule has 0 aromatic rings. The zero-order valence-corrected chi connectivity index (χ0v) is 8.87. The van der Waals surface area contributed by atoms with Crippen molar-refractivity contribution >= 4 is 22.0 Å². The summed E-state index contributed by atoms with van der Waals surface area (Å²) in [5.74, 6) is -0.899. The van der Waals surface area contributed by atoms with Crippen LogP contribution in [0.1, 0.15) is 25.7 Å². The number of hydrogen-bond donors (Lipinski definition) is 2. The van der Waals surface area contributed by atoms with Gasteiger partial charge < -0.3 is 0 Å². The van der Waals surface area contributed by atoms with E-state index < -0.39 is 5.97 Å². The molecule has 0 aromatic carbocycles. The van der Waals surface area contributed by atoms with Gasteiger partial charge in [0.2, 0.25) is 0 Å². The van der Waals surface area contributed by atoms with E-state index in [0.717, 1.165) is 25.7 Å². The van der Waals surface area contributed by atoms with Crippen LogP contribution in [-0.2, 0) is 4.79 Å². The van der Waals surface area contributed by atoms with Gasteiger partial charge in [0.25, 0.3) is 0 Å². The molecule has 0 rings (SSSR count). The van der Waals surface area contributed by atoms with Gasteiger partial charge in [-0.2, -0.15) is 0 Å². The summed E-state index contributed by atoms with van der Waals surface area (Å²) in [7, 11) is 0. The van der Waals surface area contributed by atoms with Gasteiger partial charge in [-0.1, -0.05) is 0 Å². The quantitative estimate of drug-likeness (QED) is 0.508. The normalized spacial score (nSPS) is 12.8. The summed E-state index contributed by atoms with van der Waals surface area (Å²) in [4.78, 5) is 10.5. The van der Waals surface area contributed by atoms with E-state index in [-0.39, 0.29) is 5.92 Å². The fraction of sp³-hybridized carbons (Fsp3) is 0.875. The van der Waals surface area contributed by atoms with Crippen molar-refractivity contribution in [2.75, 3.05) is 6.54 Å². The second kappa shape index (κ2) is 7.59. The molecule has 0 unspecified atom stereocenters. The molecule has 1 atom stereocenters. The maximum absolute atomic E-state index is 10.5. The van der Waals surface area contributed by atoms with Crippen LogP contribution in [0.2, 0.25) is 5.32 Å². The van der Waals surface area contributed by atoms with E-state index in [1.54, 1.807) is 0 Å². The van der Waals surface area contributed by atoms with Gasteiger partial charge in [0.15, 0.2) is 0 Å². The number of unbranched alkanes of at least 4 members (excludes halogenated alkanes) is 2. The monoisotopic (exact) mass is 238 g/mol. The van der Waals surface area contributed by atoms with Gasteiger partial charge in [-0.3, -0.25) is 0 Å². The Bertz CT molecular complexity index is 130. The summed E-state index contributed by atoms with van der Waals surface area (Å²) in [6.45, 7) is 0.704. The van der Waals surface area contributed by atoms with Crippen molar-refractivity contribution in [3.63, 3.8) is 0 Å². The predicted octanol–water partition coefficient (Wildman–Crippen LogP) is 0.793. The summed E-state index contributed by atoms with van der Waals surface area (Å²) in [5, 5.41) is 9.29. The number of carbonyl (C=O) groups is 1. The fourth-order valence-electron chi connectivity index (χ4n) is 0.990. The van der Waals surface area contributed by atoms with E-state index in [1.807, 2.05) is 0 Å². The van der Waals surface area contributed by atoms with Crippen LogP contribution in [0.25, 0.3) is 0 Å². The Morgan fingerprint density at radius 1 is 1.42 bits per heavy atom. The predicted molar refractivity (Wildman–Crippen MR) is 49.2 cm³/mol. The third-order valence-corrected chi connectivity index (χ3v) is 2.65. The van der Waals surface area contributed by atoms with Crippen LogP contribution in [0.3, 0.4) is 0 Å². The molecule has 0 fully saturated rings. The number of rotatable bonds is 7. The van der Waals surface area contributed by atoms with Crippen molar-refractivity contribution in [1.29, 1.82) is 0 Å². The zero-order chi connectivity index (χ0) is 9.40. The van der Waals surface area contributed by atoms with Gasteiger partial charge in [0.05, 0.1) is 0 Å². The van der Waals surface area contributed by atoms with Crippen molar-refractivity contribution in [2.45, 2.75) is 31.0 Å². The van der Waals surface area contributed by atoms with E-state index >= 15 is 0 Å². The van der Waals surface area contributed by atoms with Gasteiger partial charge in [-0.25, -0.2) is 0 Å². The van der Waals surface area contributed by atoms with Gasteiger partial charge in [-0.05, 0) is 0 Å². The number of nitrogens with two attached hydrogens (primary N) is 1. The van der Waals surface area contributed by atoms with Crippen LogP contribution >= 0.6 is 0 Å². The summed E-state index contributed by atoms with van der Waals surface area (Å²) in [5.41, 5.74) is 5.32. The molecule has 0 saturated carbocycles. The van der Waals surface area contributed by atoms with Crippen LogP contribution in [0, 0.1) is 5.92 Å². The molecule has 0 aliphatic heterocycles. The molecule has 4 heteroatoms. The minimum absolute atomic E-state index is 0.206. The van der Waals surface area contributed by atoms with E-state index in [1.165, 1.54) is 0 Å². The second-order valence-corrected chi connectivity index (χ2v) is 3.54. The Morgan fingerprint density at radius 3 is 2.50 bits per heavy atom. The van der Waals surface area contributed by atoms with Crippen molar-refractivity contribution < 1.29 is 9.90 Å². The molecule has 0 bridgehead atoms. The molecule has 0 heterocycles. The van der Waals surface area contributed by atoms with Crippen molar-refractivity contribution in [3.05, 3.63) is 0 Å². The van der Waals surface area contributed by atoms with Gasteiger partial charge in [0, 0.05) is 0 Å². The Kier molecular flexibility index (Phi) is 7.56. The molecule has 3 nitrogen and oxygen atoms in total. The second-order valence-electron chi connectivity index (χ2n) is 2.84. The average Bonchev–Trinajstić information content (AvgIpc) is 2.04. The van der Waals surface area contributed by atoms with E-state index in [9.17, 15) is 4.79 Å². The summed E-state index contributed by atoms with van der Waals surface area (Å²) in [6.07, 6.45) is 3.78. The summed E-state index contributed by atoms with van der Waals surface area (Å²) in [6, 6.07) is 0. The first-order chi connectivity index (χ1) is 5.72. The Labute approximate surface area is 81.5 Å². The Morgan fingerprint density at radius 2 is 2.08 bits per heavy atom. The van der Waals surface area contributed by atoms with Crippen LogP contribution in [0.5, 0.6) is 0 Å². The van der Waals surface area contributed by atoms with Gasteiger partial charge in [0.1, 0.15) is 0 Å². The van der Waals surface area contributed by atoms with Crippen LogP contribution in [0.15, 0.2) is 0 Å². The van der Waals surface area contributed by atoms with Crippen molar-refractivity contribution in [3.8, 4) is 0 Å². The standard InChI is InChI=1S/C8H16NO2Se/c9-5-3-1-2-4-7(6-12)8(10)11/h7H,1-6,9H2,(H,10,11)/t7-/m0/s1. The molecule has 0 aliphatic rings. The maximum atomic E-state index is 10.5.